The third-order valence-electron chi connectivity index (χ3n) is 4.29. The van der Waals surface area contributed by atoms with Crippen molar-refractivity contribution in [1.29, 1.82) is 0 Å². The van der Waals surface area contributed by atoms with Crippen LogP contribution in [0.2, 0.25) is 0 Å². The molecule has 0 bridgehead atoms. The minimum absolute atomic E-state index is 0.105. The van der Waals surface area contributed by atoms with E-state index in [1.807, 2.05) is 0 Å². The van der Waals surface area contributed by atoms with Crippen LogP contribution in [0.1, 0.15) is 90.9 Å². The quantitative estimate of drug-likeness (QED) is 0.576. The van der Waals surface area contributed by atoms with E-state index in [1.165, 1.54) is 51.4 Å². The molecule has 1 saturated heterocycles. The molecule has 0 aromatic rings. The summed E-state index contributed by atoms with van der Waals surface area (Å²) in [6.07, 6.45) is 15.2. The standard InChI is InChI=1S/C17H34O2/c1-3-4-5-6-7-8-9-10-13-16(18)17-14-11-12-15(2)19-17/h15-18H,3-14H2,1-2H3. The van der Waals surface area contributed by atoms with Gasteiger partial charge >= 0.3 is 0 Å². The van der Waals surface area contributed by atoms with Gasteiger partial charge in [-0.05, 0) is 32.6 Å². The van der Waals surface area contributed by atoms with E-state index in [2.05, 4.69) is 13.8 Å². The fraction of sp³-hybridized carbons (Fsp3) is 1.00. The summed E-state index contributed by atoms with van der Waals surface area (Å²) < 4.78 is 5.82. The molecular weight excluding hydrogens is 236 g/mol. The number of aliphatic hydroxyl groups excluding tert-OH is 1. The molecule has 114 valence electrons. The Hall–Kier alpha value is -0.0800. The van der Waals surface area contributed by atoms with Crippen LogP contribution in [0.25, 0.3) is 0 Å². The minimum atomic E-state index is -0.233. The van der Waals surface area contributed by atoms with Gasteiger partial charge in [0.25, 0.3) is 0 Å². The lowest BCUT2D eigenvalue weighted by molar-refractivity contribution is -0.101. The molecular formula is C17H34O2. The van der Waals surface area contributed by atoms with Gasteiger partial charge in [0, 0.05) is 0 Å². The summed E-state index contributed by atoms with van der Waals surface area (Å²) in [7, 11) is 0. The molecule has 0 aliphatic carbocycles. The predicted octanol–water partition coefficient (Wildman–Crippen LogP) is 4.84. The van der Waals surface area contributed by atoms with Crippen molar-refractivity contribution in [3.05, 3.63) is 0 Å². The Morgan fingerprint density at radius 1 is 1.00 bits per heavy atom. The molecule has 1 rings (SSSR count). The number of unbranched alkanes of at least 4 members (excludes halogenated alkanes) is 7. The maximum atomic E-state index is 10.1. The first-order valence-corrected chi connectivity index (χ1v) is 8.57. The van der Waals surface area contributed by atoms with Gasteiger partial charge in [0.15, 0.2) is 0 Å². The molecule has 3 unspecified atom stereocenters. The smallest absolute Gasteiger partial charge is 0.0837 e. The maximum absolute atomic E-state index is 10.1. The Balaban J connectivity index is 1.93. The Bertz CT molecular complexity index is 205. The van der Waals surface area contributed by atoms with Gasteiger partial charge in [0.1, 0.15) is 0 Å². The second-order valence-electron chi connectivity index (χ2n) is 6.25. The van der Waals surface area contributed by atoms with Gasteiger partial charge in [-0.15, -0.1) is 0 Å². The molecule has 2 nitrogen and oxygen atoms in total. The van der Waals surface area contributed by atoms with Crippen LogP contribution in [0.4, 0.5) is 0 Å². The molecule has 1 fully saturated rings. The van der Waals surface area contributed by atoms with Crippen LogP contribution in [-0.2, 0) is 4.74 Å². The van der Waals surface area contributed by atoms with E-state index in [4.69, 9.17) is 4.74 Å². The molecule has 0 spiro atoms. The van der Waals surface area contributed by atoms with Crippen LogP contribution in [-0.4, -0.2) is 23.4 Å². The van der Waals surface area contributed by atoms with E-state index in [0.29, 0.717) is 6.10 Å². The van der Waals surface area contributed by atoms with Gasteiger partial charge in [-0.25, -0.2) is 0 Å². The molecule has 1 N–H and O–H groups in total. The Labute approximate surface area is 119 Å². The largest absolute Gasteiger partial charge is 0.390 e. The van der Waals surface area contributed by atoms with Crippen LogP contribution in [0.15, 0.2) is 0 Å². The lowest BCUT2D eigenvalue weighted by Gasteiger charge is -2.31. The summed E-state index contributed by atoms with van der Waals surface area (Å²) >= 11 is 0. The molecule has 19 heavy (non-hydrogen) atoms. The van der Waals surface area contributed by atoms with Crippen molar-refractivity contribution in [3.63, 3.8) is 0 Å². The number of hydrogen-bond acceptors (Lipinski definition) is 2. The van der Waals surface area contributed by atoms with Gasteiger partial charge in [-0.2, -0.15) is 0 Å². The first-order valence-electron chi connectivity index (χ1n) is 8.57. The van der Waals surface area contributed by atoms with Gasteiger partial charge in [-0.1, -0.05) is 58.3 Å². The highest BCUT2D eigenvalue weighted by molar-refractivity contribution is 4.75. The zero-order valence-corrected chi connectivity index (χ0v) is 13.1. The van der Waals surface area contributed by atoms with Crippen molar-refractivity contribution in [1.82, 2.24) is 0 Å². The fourth-order valence-electron chi connectivity index (χ4n) is 3.00. The molecule has 1 heterocycles. The number of aliphatic hydroxyl groups is 1. The lowest BCUT2D eigenvalue weighted by Crippen LogP contribution is -2.35. The fourth-order valence-corrected chi connectivity index (χ4v) is 3.00. The number of rotatable bonds is 10. The summed E-state index contributed by atoms with van der Waals surface area (Å²) in [6, 6.07) is 0. The second kappa shape index (κ2) is 10.7. The van der Waals surface area contributed by atoms with Crippen molar-refractivity contribution in [2.45, 2.75) is 109 Å². The van der Waals surface area contributed by atoms with E-state index in [0.717, 1.165) is 25.7 Å². The first kappa shape index (κ1) is 17.0. The zero-order chi connectivity index (χ0) is 13.9. The van der Waals surface area contributed by atoms with E-state index in [9.17, 15) is 5.11 Å². The van der Waals surface area contributed by atoms with E-state index >= 15 is 0 Å². The summed E-state index contributed by atoms with van der Waals surface area (Å²) in [5.74, 6) is 0. The van der Waals surface area contributed by atoms with Gasteiger partial charge in [0.2, 0.25) is 0 Å². The molecule has 3 atom stereocenters. The molecule has 1 aliphatic heterocycles. The van der Waals surface area contributed by atoms with E-state index in [1.54, 1.807) is 0 Å². The van der Waals surface area contributed by atoms with Crippen molar-refractivity contribution >= 4 is 0 Å². The van der Waals surface area contributed by atoms with Crippen molar-refractivity contribution in [2.75, 3.05) is 0 Å². The van der Waals surface area contributed by atoms with Crippen LogP contribution in [0.5, 0.6) is 0 Å². The number of hydrogen-bond donors (Lipinski definition) is 1. The highest BCUT2D eigenvalue weighted by Gasteiger charge is 2.25. The monoisotopic (exact) mass is 270 g/mol. The first-order chi connectivity index (χ1) is 9.24. The summed E-state index contributed by atoms with van der Waals surface area (Å²) in [4.78, 5) is 0. The topological polar surface area (TPSA) is 29.5 Å². The Kier molecular flexibility index (Phi) is 9.54. The molecule has 0 aromatic heterocycles. The average molecular weight is 270 g/mol. The minimum Gasteiger partial charge on any atom is -0.390 e. The van der Waals surface area contributed by atoms with Crippen LogP contribution in [0, 0.1) is 0 Å². The summed E-state index contributed by atoms with van der Waals surface area (Å²) in [5.41, 5.74) is 0. The molecule has 0 radical (unpaired) electrons. The van der Waals surface area contributed by atoms with Crippen LogP contribution < -0.4 is 0 Å². The summed E-state index contributed by atoms with van der Waals surface area (Å²) in [6.45, 7) is 4.38. The maximum Gasteiger partial charge on any atom is 0.0837 e. The summed E-state index contributed by atoms with van der Waals surface area (Å²) in [5, 5.41) is 10.1. The third kappa shape index (κ3) is 7.94. The Morgan fingerprint density at radius 3 is 2.26 bits per heavy atom. The average Bonchev–Trinajstić information content (AvgIpc) is 2.41. The molecule has 0 aromatic carbocycles. The molecule has 2 heteroatoms. The van der Waals surface area contributed by atoms with Gasteiger partial charge in [-0.3, -0.25) is 0 Å². The molecule has 0 saturated carbocycles. The molecule has 0 amide bonds. The normalized spacial score (nSPS) is 25.4. The van der Waals surface area contributed by atoms with E-state index in [-0.39, 0.29) is 12.2 Å². The van der Waals surface area contributed by atoms with Gasteiger partial charge < -0.3 is 9.84 Å². The van der Waals surface area contributed by atoms with Crippen molar-refractivity contribution in [2.24, 2.45) is 0 Å². The van der Waals surface area contributed by atoms with Crippen molar-refractivity contribution in [3.8, 4) is 0 Å². The van der Waals surface area contributed by atoms with Crippen molar-refractivity contribution < 1.29 is 9.84 Å². The van der Waals surface area contributed by atoms with Crippen LogP contribution >= 0.6 is 0 Å². The Morgan fingerprint density at radius 2 is 1.63 bits per heavy atom. The highest BCUT2D eigenvalue weighted by atomic mass is 16.5. The second-order valence-corrected chi connectivity index (χ2v) is 6.25. The van der Waals surface area contributed by atoms with E-state index < -0.39 is 0 Å². The third-order valence-corrected chi connectivity index (χ3v) is 4.29. The predicted molar refractivity (Wildman–Crippen MR) is 81.4 cm³/mol. The SMILES string of the molecule is CCCCCCCCCCC(O)C1CCCC(C)O1. The lowest BCUT2D eigenvalue weighted by atomic mass is 9.97. The highest BCUT2D eigenvalue weighted by Crippen LogP contribution is 2.23. The van der Waals surface area contributed by atoms with Crippen LogP contribution in [0.3, 0.4) is 0 Å². The number of ether oxygens (including phenoxy) is 1. The zero-order valence-electron chi connectivity index (χ0n) is 13.1. The van der Waals surface area contributed by atoms with Gasteiger partial charge in [0.05, 0.1) is 18.3 Å². The molecule has 1 aliphatic rings.